The average Bonchev–Trinajstić information content (AvgIpc) is 3.36. The van der Waals surface area contributed by atoms with Crippen LogP contribution in [0.2, 0.25) is 5.02 Å². The van der Waals surface area contributed by atoms with Crippen LogP contribution in [0, 0.1) is 13.8 Å². The van der Waals surface area contributed by atoms with Gasteiger partial charge < -0.3 is 18.9 Å². The Bertz CT molecular complexity index is 1020. The summed E-state index contributed by atoms with van der Waals surface area (Å²) in [4.78, 5) is 20.4. The van der Waals surface area contributed by atoms with Crippen molar-refractivity contribution in [3.8, 4) is 5.75 Å². The number of hydrogen-bond donors (Lipinski definition) is 0. The van der Waals surface area contributed by atoms with Crippen molar-refractivity contribution in [3.63, 3.8) is 0 Å². The van der Waals surface area contributed by atoms with E-state index in [1.54, 1.807) is 29.8 Å². The van der Waals surface area contributed by atoms with Crippen LogP contribution in [0.25, 0.3) is 0 Å². The zero-order valence-electron chi connectivity index (χ0n) is 17.0. The highest BCUT2D eigenvalue weighted by Crippen LogP contribution is 2.22. The molecule has 0 N–H and O–H groups in total. The molecule has 0 aliphatic carbocycles. The Morgan fingerprint density at radius 3 is 3.00 bits per heavy atom. The van der Waals surface area contributed by atoms with Crippen LogP contribution in [0.3, 0.4) is 0 Å². The standard InChI is InChI=1S/C22H24ClN3O3S/c1-15-8-21(16(2)26(15)13-20-4-3-7-30-20)22(27)25-5-6-28-19(12-25)14-29-18-9-17(23)10-24-11-18/h3-4,7-11,19H,5-6,12-14H2,1-2H3. The van der Waals surface area contributed by atoms with Crippen LogP contribution in [-0.4, -0.2) is 52.8 Å². The summed E-state index contributed by atoms with van der Waals surface area (Å²) in [5, 5.41) is 2.59. The summed E-state index contributed by atoms with van der Waals surface area (Å²) >= 11 is 7.67. The van der Waals surface area contributed by atoms with Gasteiger partial charge in [-0.05, 0) is 31.4 Å². The smallest absolute Gasteiger partial charge is 0.255 e. The Morgan fingerprint density at radius 1 is 1.37 bits per heavy atom. The van der Waals surface area contributed by atoms with Crippen molar-refractivity contribution in [2.24, 2.45) is 0 Å². The summed E-state index contributed by atoms with van der Waals surface area (Å²) in [6.07, 6.45) is 2.97. The highest BCUT2D eigenvalue weighted by Gasteiger charge is 2.28. The zero-order chi connectivity index (χ0) is 21.1. The summed E-state index contributed by atoms with van der Waals surface area (Å²) in [5.74, 6) is 0.630. The summed E-state index contributed by atoms with van der Waals surface area (Å²) < 4.78 is 13.8. The van der Waals surface area contributed by atoms with E-state index in [0.717, 1.165) is 23.5 Å². The molecule has 30 heavy (non-hydrogen) atoms. The van der Waals surface area contributed by atoms with Crippen LogP contribution in [0.4, 0.5) is 0 Å². The first-order valence-electron chi connectivity index (χ1n) is 9.84. The van der Waals surface area contributed by atoms with Gasteiger partial charge in [0.1, 0.15) is 18.5 Å². The van der Waals surface area contributed by atoms with E-state index in [0.29, 0.717) is 37.1 Å². The Kier molecular flexibility index (Phi) is 6.41. The summed E-state index contributed by atoms with van der Waals surface area (Å²) in [6.45, 7) is 6.73. The minimum absolute atomic E-state index is 0.0400. The topological polar surface area (TPSA) is 56.6 Å². The van der Waals surface area contributed by atoms with E-state index in [9.17, 15) is 4.79 Å². The van der Waals surface area contributed by atoms with E-state index in [1.165, 1.54) is 4.88 Å². The normalized spacial score (nSPS) is 16.6. The lowest BCUT2D eigenvalue weighted by Gasteiger charge is -2.33. The number of nitrogens with zero attached hydrogens (tertiary/aromatic N) is 3. The van der Waals surface area contributed by atoms with Gasteiger partial charge in [0.2, 0.25) is 0 Å². The van der Waals surface area contributed by atoms with Crippen molar-refractivity contribution in [3.05, 3.63) is 68.9 Å². The number of amides is 1. The minimum Gasteiger partial charge on any atom is -0.489 e. The van der Waals surface area contributed by atoms with Gasteiger partial charge in [-0.1, -0.05) is 17.7 Å². The Labute approximate surface area is 185 Å². The summed E-state index contributed by atoms with van der Waals surface area (Å²) in [5.41, 5.74) is 2.84. The molecular weight excluding hydrogens is 422 g/mol. The fraction of sp³-hybridized carbons (Fsp3) is 0.364. The molecule has 0 aromatic carbocycles. The molecule has 4 rings (SSSR count). The molecular formula is C22H24ClN3O3S. The summed E-state index contributed by atoms with van der Waals surface area (Å²) in [7, 11) is 0. The van der Waals surface area contributed by atoms with Crippen molar-refractivity contribution < 1.29 is 14.3 Å². The van der Waals surface area contributed by atoms with Gasteiger partial charge in [0.15, 0.2) is 0 Å². The molecule has 6 nitrogen and oxygen atoms in total. The van der Waals surface area contributed by atoms with E-state index in [4.69, 9.17) is 21.1 Å². The third-order valence-electron chi connectivity index (χ3n) is 5.24. The number of rotatable bonds is 6. The fourth-order valence-electron chi connectivity index (χ4n) is 3.65. The maximum absolute atomic E-state index is 13.2. The Balaban J connectivity index is 1.41. The summed E-state index contributed by atoms with van der Waals surface area (Å²) in [6, 6.07) is 7.87. The lowest BCUT2D eigenvalue weighted by atomic mass is 10.2. The number of aromatic nitrogens is 2. The predicted molar refractivity (Wildman–Crippen MR) is 118 cm³/mol. The van der Waals surface area contributed by atoms with Crippen molar-refractivity contribution in [1.29, 1.82) is 0 Å². The Hall–Kier alpha value is -2.35. The second kappa shape index (κ2) is 9.20. The molecule has 0 spiro atoms. The van der Waals surface area contributed by atoms with Gasteiger partial charge in [-0.2, -0.15) is 0 Å². The molecule has 1 unspecified atom stereocenters. The highest BCUT2D eigenvalue weighted by molar-refractivity contribution is 7.09. The zero-order valence-corrected chi connectivity index (χ0v) is 18.6. The van der Waals surface area contributed by atoms with Gasteiger partial charge in [-0.3, -0.25) is 9.78 Å². The molecule has 158 valence electrons. The molecule has 1 amide bonds. The van der Waals surface area contributed by atoms with Crippen molar-refractivity contribution >= 4 is 28.8 Å². The molecule has 1 atom stereocenters. The molecule has 3 aromatic rings. The van der Waals surface area contributed by atoms with E-state index < -0.39 is 0 Å². The number of halogens is 1. The third kappa shape index (κ3) is 4.69. The average molecular weight is 446 g/mol. The first-order valence-corrected chi connectivity index (χ1v) is 11.1. The molecule has 3 aromatic heterocycles. The van der Waals surface area contributed by atoms with Crippen LogP contribution in [0.1, 0.15) is 26.6 Å². The molecule has 1 aliphatic heterocycles. The van der Waals surface area contributed by atoms with E-state index >= 15 is 0 Å². The number of pyridine rings is 1. The van der Waals surface area contributed by atoms with E-state index in [2.05, 4.69) is 27.1 Å². The number of carbonyl (C=O) groups excluding carboxylic acids is 1. The Morgan fingerprint density at radius 2 is 2.23 bits per heavy atom. The molecule has 0 bridgehead atoms. The quantitative estimate of drug-likeness (QED) is 0.571. The molecule has 1 saturated heterocycles. The van der Waals surface area contributed by atoms with Gasteiger partial charge in [-0.15, -0.1) is 11.3 Å². The van der Waals surface area contributed by atoms with Gasteiger partial charge in [-0.25, -0.2) is 0 Å². The lowest BCUT2D eigenvalue weighted by Crippen LogP contribution is -2.47. The molecule has 8 heteroatoms. The second-order valence-electron chi connectivity index (χ2n) is 7.34. The maximum atomic E-state index is 13.2. The van der Waals surface area contributed by atoms with Gasteiger partial charge in [0, 0.05) is 35.1 Å². The second-order valence-corrected chi connectivity index (χ2v) is 8.81. The number of carbonyl (C=O) groups is 1. The lowest BCUT2D eigenvalue weighted by molar-refractivity contribution is -0.0401. The first-order chi connectivity index (χ1) is 14.5. The number of ether oxygens (including phenoxy) is 2. The molecule has 0 saturated carbocycles. The fourth-order valence-corrected chi connectivity index (χ4v) is 4.51. The van der Waals surface area contributed by atoms with Gasteiger partial charge in [0.25, 0.3) is 5.91 Å². The van der Waals surface area contributed by atoms with E-state index in [1.807, 2.05) is 24.8 Å². The first kappa shape index (κ1) is 20.9. The van der Waals surface area contributed by atoms with Crippen molar-refractivity contribution in [2.75, 3.05) is 26.3 Å². The van der Waals surface area contributed by atoms with Crippen molar-refractivity contribution in [1.82, 2.24) is 14.5 Å². The van der Waals surface area contributed by atoms with Gasteiger partial charge in [0.05, 0.1) is 36.5 Å². The van der Waals surface area contributed by atoms with Crippen LogP contribution in [0.15, 0.2) is 42.0 Å². The number of hydrogen-bond acceptors (Lipinski definition) is 5. The maximum Gasteiger partial charge on any atom is 0.255 e. The largest absolute Gasteiger partial charge is 0.489 e. The monoisotopic (exact) mass is 445 g/mol. The van der Waals surface area contributed by atoms with Crippen LogP contribution in [0.5, 0.6) is 5.75 Å². The van der Waals surface area contributed by atoms with Crippen LogP contribution < -0.4 is 4.74 Å². The highest BCUT2D eigenvalue weighted by atomic mass is 35.5. The number of thiophene rings is 1. The third-order valence-corrected chi connectivity index (χ3v) is 6.31. The van der Waals surface area contributed by atoms with Crippen LogP contribution in [-0.2, 0) is 11.3 Å². The van der Waals surface area contributed by atoms with E-state index in [-0.39, 0.29) is 12.0 Å². The predicted octanol–water partition coefficient (Wildman–Crippen LogP) is 4.18. The molecule has 0 radical (unpaired) electrons. The number of morpholine rings is 1. The number of aryl methyl sites for hydroxylation is 1. The SMILES string of the molecule is Cc1cc(C(=O)N2CCOC(COc3cncc(Cl)c3)C2)c(C)n1Cc1cccs1. The van der Waals surface area contributed by atoms with Crippen molar-refractivity contribution in [2.45, 2.75) is 26.5 Å². The minimum atomic E-state index is -0.198. The molecule has 1 aliphatic rings. The van der Waals surface area contributed by atoms with Crippen LogP contribution >= 0.6 is 22.9 Å². The molecule has 4 heterocycles. The van der Waals surface area contributed by atoms with Gasteiger partial charge >= 0.3 is 0 Å². The molecule has 1 fully saturated rings.